The molecule has 2 rings (SSSR count). The number of hydrogen-bond donors (Lipinski definition) is 0. The summed E-state index contributed by atoms with van der Waals surface area (Å²) in [5, 5.41) is 3.62. The monoisotopic (exact) mass is 335 g/mol. The van der Waals surface area contributed by atoms with Crippen LogP contribution in [0.15, 0.2) is 43.0 Å². The number of allylic oxidation sites excluding steroid dienone is 8. The fourth-order valence-corrected chi connectivity index (χ4v) is 7.59. The first-order valence-electron chi connectivity index (χ1n) is 6.57. The second kappa shape index (κ2) is 5.50. The Morgan fingerprint density at radius 1 is 0.941 bits per heavy atom. The zero-order valence-corrected chi connectivity index (χ0v) is 16.6. The van der Waals surface area contributed by atoms with Crippen LogP contribution in [0.25, 0.3) is 0 Å². The summed E-state index contributed by atoms with van der Waals surface area (Å²) in [4.78, 5) is 0. The van der Waals surface area contributed by atoms with Gasteiger partial charge >= 0.3 is 126 Å². The maximum atomic E-state index is 2.53. The molecule has 2 aliphatic rings. The van der Waals surface area contributed by atoms with Crippen molar-refractivity contribution in [1.29, 1.82) is 0 Å². The third-order valence-electron chi connectivity index (χ3n) is 3.20. The molecule has 17 heavy (non-hydrogen) atoms. The first-order valence-corrected chi connectivity index (χ1v) is 10.8. The Morgan fingerprint density at radius 2 is 1.59 bits per heavy atom. The summed E-state index contributed by atoms with van der Waals surface area (Å²) in [5.74, 6) is 0. The van der Waals surface area contributed by atoms with Crippen molar-refractivity contribution in [3.8, 4) is 0 Å². The molecule has 0 saturated carbocycles. The van der Waals surface area contributed by atoms with Crippen molar-refractivity contribution in [3.63, 3.8) is 0 Å². The molecule has 0 spiro atoms. The second-order valence-corrected chi connectivity index (χ2v) is 12.9. The normalized spacial score (nSPS) is 20.2. The zero-order valence-electron chi connectivity index (χ0n) is 11.3. The van der Waals surface area contributed by atoms with Gasteiger partial charge in [-0.15, -0.1) is 0 Å². The third kappa shape index (κ3) is 3.18. The van der Waals surface area contributed by atoms with E-state index in [-0.39, 0.29) is 19.0 Å². The predicted molar refractivity (Wildman–Crippen MR) is 78.6 cm³/mol. The van der Waals surface area contributed by atoms with Gasteiger partial charge in [0.15, 0.2) is 0 Å². The van der Waals surface area contributed by atoms with Crippen LogP contribution < -0.4 is 0 Å². The first kappa shape index (κ1) is 13.7. The van der Waals surface area contributed by atoms with Crippen LogP contribution in [0.1, 0.15) is 27.7 Å². The van der Waals surface area contributed by atoms with Crippen molar-refractivity contribution >= 4 is 19.0 Å². The van der Waals surface area contributed by atoms with Gasteiger partial charge in [-0.05, 0) is 0 Å². The zero-order chi connectivity index (χ0) is 12.6. The minimum atomic E-state index is -0.0701. The molecule has 0 aromatic heterocycles. The number of hydrogen-bond acceptors (Lipinski definition) is 0. The van der Waals surface area contributed by atoms with Crippen molar-refractivity contribution in [2.45, 2.75) is 38.8 Å². The molecule has 0 bridgehead atoms. The second-order valence-electron chi connectivity index (χ2n) is 5.96. The first-order chi connectivity index (χ1) is 7.97. The molecule has 0 amide bonds. The van der Waals surface area contributed by atoms with Crippen LogP contribution in [-0.2, 0) is 24.7 Å². The van der Waals surface area contributed by atoms with Crippen LogP contribution in [0.5, 0.6) is 0 Å². The van der Waals surface area contributed by atoms with Gasteiger partial charge in [0.1, 0.15) is 0 Å². The Labute approximate surface area is 125 Å². The summed E-state index contributed by atoms with van der Waals surface area (Å²) in [7, 11) is -0.119. The summed E-state index contributed by atoms with van der Waals surface area (Å²) in [6.07, 6.45) is 7.39. The molecular formula is C14H21Si2Zr. The molecule has 3 heteroatoms. The van der Waals surface area contributed by atoms with Gasteiger partial charge in [-0.3, -0.25) is 0 Å². The van der Waals surface area contributed by atoms with Gasteiger partial charge in [0.2, 0.25) is 0 Å². The van der Waals surface area contributed by atoms with E-state index in [0.29, 0.717) is 0 Å². The molecule has 0 radical (unpaired) electrons. The van der Waals surface area contributed by atoms with Gasteiger partial charge in [0.25, 0.3) is 0 Å². The SMILES string of the molecule is CC(C)[SiH2]C1=CC2=C[C]([Zr])=CC2=C1[SiH2]C(C)C. The molecule has 0 heterocycles. The molecule has 0 atom stereocenters. The Morgan fingerprint density at radius 3 is 2.18 bits per heavy atom. The van der Waals surface area contributed by atoms with Crippen LogP contribution in [0.4, 0.5) is 0 Å². The Hall–Kier alpha value is 0.277. The maximum absolute atomic E-state index is 2.53. The Kier molecular flexibility index (Phi) is 4.43. The predicted octanol–water partition coefficient (Wildman–Crippen LogP) is 2.50. The molecule has 89 valence electrons. The fraction of sp³-hybridized carbons (Fsp3) is 0.429. The summed E-state index contributed by atoms with van der Waals surface area (Å²) < 4.78 is 1.53. The average Bonchev–Trinajstić information content (AvgIpc) is 2.64. The van der Waals surface area contributed by atoms with Gasteiger partial charge in [-0.2, -0.15) is 0 Å². The van der Waals surface area contributed by atoms with E-state index in [1.807, 2.05) is 5.20 Å². The van der Waals surface area contributed by atoms with E-state index < -0.39 is 0 Å². The Balaban J connectivity index is 2.32. The standard InChI is InChI=1S/C14H21Si2.Zr/c1-9(2)15-13-8-11-6-5-7-12(11)14(13)16-10(3)4;/h6-10H,15-16H2,1-4H3;. The topological polar surface area (TPSA) is 0 Å². The van der Waals surface area contributed by atoms with Crippen LogP contribution in [0.3, 0.4) is 0 Å². The van der Waals surface area contributed by atoms with E-state index in [4.69, 9.17) is 0 Å². The Bertz CT molecular complexity index is 451. The van der Waals surface area contributed by atoms with Gasteiger partial charge in [-0.25, -0.2) is 0 Å². The van der Waals surface area contributed by atoms with E-state index in [0.717, 1.165) is 11.1 Å². The average molecular weight is 337 g/mol. The molecule has 0 saturated heterocycles. The van der Waals surface area contributed by atoms with Crippen LogP contribution in [0, 0.1) is 0 Å². The molecule has 0 unspecified atom stereocenters. The number of fused-ring (bicyclic) bond motifs is 1. The summed E-state index contributed by atoms with van der Waals surface area (Å²) >= 11 is 1.56. The van der Waals surface area contributed by atoms with Crippen molar-refractivity contribution in [1.82, 2.24) is 0 Å². The third-order valence-corrected chi connectivity index (χ3v) is 8.36. The molecular weight excluding hydrogens is 316 g/mol. The summed E-state index contributed by atoms with van der Waals surface area (Å²) in [6, 6.07) is 0. The minimum absolute atomic E-state index is 0.0486. The van der Waals surface area contributed by atoms with E-state index in [9.17, 15) is 0 Å². The molecule has 2 aliphatic carbocycles. The van der Waals surface area contributed by atoms with Crippen molar-refractivity contribution in [3.05, 3.63) is 43.0 Å². The van der Waals surface area contributed by atoms with Gasteiger partial charge in [-0.1, -0.05) is 0 Å². The molecule has 0 nitrogen and oxygen atoms in total. The fourth-order valence-electron chi connectivity index (χ4n) is 2.63. The summed E-state index contributed by atoms with van der Waals surface area (Å²) in [5.41, 5.74) is 4.99. The van der Waals surface area contributed by atoms with Crippen molar-refractivity contribution < 1.29 is 24.7 Å². The molecule has 0 aromatic rings. The molecule has 0 fully saturated rings. The van der Waals surface area contributed by atoms with Crippen molar-refractivity contribution in [2.24, 2.45) is 0 Å². The van der Waals surface area contributed by atoms with Crippen LogP contribution in [-0.4, -0.2) is 19.0 Å². The van der Waals surface area contributed by atoms with Crippen LogP contribution >= 0.6 is 0 Å². The van der Waals surface area contributed by atoms with E-state index in [1.165, 1.54) is 3.28 Å². The van der Waals surface area contributed by atoms with Gasteiger partial charge in [0, 0.05) is 0 Å². The quantitative estimate of drug-likeness (QED) is 0.692. The van der Waals surface area contributed by atoms with E-state index >= 15 is 0 Å². The summed E-state index contributed by atoms with van der Waals surface area (Å²) in [6.45, 7) is 9.57. The molecule has 0 N–H and O–H groups in total. The van der Waals surface area contributed by atoms with Crippen molar-refractivity contribution in [2.75, 3.05) is 0 Å². The van der Waals surface area contributed by atoms with Gasteiger partial charge < -0.3 is 0 Å². The number of rotatable bonds is 4. The van der Waals surface area contributed by atoms with E-state index in [2.05, 4.69) is 45.9 Å². The van der Waals surface area contributed by atoms with Gasteiger partial charge in [0.05, 0.1) is 0 Å². The molecule has 0 aromatic carbocycles. The van der Waals surface area contributed by atoms with Crippen LogP contribution in [0.2, 0.25) is 11.1 Å². The van der Waals surface area contributed by atoms with E-state index in [1.54, 1.807) is 41.1 Å². The molecule has 0 aliphatic heterocycles.